The van der Waals surface area contributed by atoms with E-state index in [0.29, 0.717) is 6.54 Å². The van der Waals surface area contributed by atoms with Gasteiger partial charge in [-0.05, 0) is 69.1 Å². The van der Waals surface area contributed by atoms with Crippen molar-refractivity contribution in [1.29, 1.82) is 0 Å². The molecule has 32 heavy (non-hydrogen) atoms. The maximum atomic E-state index is 12.8. The van der Waals surface area contributed by atoms with Crippen LogP contribution in [0.25, 0.3) is 0 Å². The van der Waals surface area contributed by atoms with Crippen LogP contribution in [0.2, 0.25) is 0 Å². The summed E-state index contributed by atoms with van der Waals surface area (Å²) < 4.78 is 26.5. The van der Waals surface area contributed by atoms with Crippen LogP contribution in [0.15, 0.2) is 47.4 Å². The largest absolute Gasteiger partial charge is 0.348 e. The van der Waals surface area contributed by atoms with Gasteiger partial charge in [0, 0.05) is 24.7 Å². The highest BCUT2D eigenvalue weighted by atomic mass is 32.2. The number of piperidine rings is 1. The molecule has 2 aromatic rings. The third-order valence-electron chi connectivity index (χ3n) is 6.08. The Kier molecular flexibility index (Phi) is 6.35. The first kappa shape index (κ1) is 22.5. The molecule has 2 aliphatic rings. The van der Waals surface area contributed by atoms with Crippen LogP contribution in [-0.4, -0.2) is 48.6 Å². The van der Waals surface area contributed by atoms with Crippen LogP contribution < -0.4 is 5.32 Å². The lowest BCUT2D eigenvalue weighted by atomic mass is 10.0. The number of nitrogens with one attached hydrogen (secondary N) is 1. The van der Waals surface area contributed by atoms with E-state index in [9.17, 15) is 18.0 Å². The molecular formula is C24H29N3O4S. The molecule has 170 valence electrons. The van der Waals surface area contributed by atoms with Gasteiger partial charge in [-0.25, -0.2) is 12.7 Å². The van der Waals surface area contributed by atoms with Gasteiger partial charge in [-0.2, -0.15) is 0 Å². The van der Waals surface area contributed by atoms with Gasteiger partial charge in [0.1, 0.15) is 4.90 Å². The quantitative estimate of drug-likeness (QED) is 0.723. The van der Waals surface area contributed by atoms with Crippen LogP contribution in [-0.2, 0) is 23.1 Å². The Labute approximate surface area is 189 Å². The molecule has 2 aromatic carbocycles. The number of hydrogen-bond donors (Lipinski definition) is 1. The third kappa shape index (κ3) is 4.29. The number of hydrogen-bond acceptors (Lipinski definition) is 5. The van der Waals surface area contributed by atoms with E-state index in [-0.39, 0.29) is 21.9 Å². The molecule has 7 nitrogen and oxygen atoms in total. The van der Waals surface area contributed by atoms with Gasteiger partial charge in [-0.15, -0.1) is 0 Å². The van der Waals surface area contributed by atoms with E-state index in [1.165, 1.54) is 43.0 Å². The first-order chi connectivity index (χ1) is 15.3. The minimum Gasteiger partial charge on any atom is -0.348 e. The number of carbonyl (C=O) groups excluding carboxylic acids is 2. The topological polar surface area (TPSA) is 86.8 Å². The Bertz CT molecular complexity index is 1140. The van der Waals surface area contributed by atoms with Crippen molar-refractivity contribution in [3.05, 3.63) is 64.7 Å². The fourth-order valence-electron chi connectivity index (χ4n) is 4.42. The summed E-state index contributed by atoms with van der Waals surface area (Å²) in [5, 5.41) is 2.91. The molecule has 0 unspecified atom stereocenters. The summed E-state index contributed by atoms with van der Waals surface area (Å²) in [4.78, 5) is 27.6. The standard InChI is InChI=1S/C24H29N3O4S/c1-17(2)27-24(29)21-11-10-18(14-22(21)32(27,30)31)23(28)25-15-19-8-4-5-9-20(19)16-26-12-6-3-7-13-26/h4-5,8-11,14,17H,3,6-7,12-13,15-16H2,1-2H3,(H,25,28). The van der Waals surface area contributed by atoms with Gasteiger partial charge >= 0.3 is 0 Å². The van der Waals surface area contributed by atoms with Crippen molar-refractivity contribution in [2.24, 2.45) is 0 Å². The van der Waals surface area contributed by atoms with Gasteiger partial charge < -0.3 is 5.32 Å². The highest BCUT2D eigenvalue weighted by Gasteiger charge is 2.42. The Morgan fingerprint density at radius 3 is 2.41 bits per heavy atom. The molecule has 0 aromatic heterocycles. The monoisotopic (exact) mass is 455 g/mol. The second kappa shape index (κ2) is 9.03. The highest BCUT2D eigenvalue weighted by Crippen LogP contribution is 2.32. The van der Waals surface area contributed by atoms with Crippen molar-refractivity contribution in [3.8, 4) is 0 Å². The summed E-state index contributed by atoms with van der Waals surface area (Å²) in [6.07, 6.45) is 3.72. The van der Waals surface area contributed by atoms with Crippen molar-refractivity contribution < 1.29 is 18.0 Å². The second-order valence-corrected chi connectivity index (χ2v) is 10.5. The van der Waals surface area contributed by atoms with Crippen LogP contribution in [0, 0.1) is 0 Å². The lowest BCUT2D eigenvalue weighted by molar-refractivity contribution is 0.0845. The molecule has 0 bridgehead atoms. The number of rotatable bonds is 6. The molecular weight excluding hydrogens is 426 g/mol. The van der Waals surface area contributed by atoms with Crippen LogP contribution in [0.4, 0.5) is 0 Å². The molecule has 2 aliphatic heterocycles. The molecule has 0 radical (unpaired) electrons. The molecule has 8 heteroatoms. The number of fused-ring (bicyclic) bond motifs is 1. The average molecular weight is 456 g/mol. The number of sulfonamides is 1. The summed E-state index contributed by atoms with van der Waals surface area (Å²) in [5.41, 5.74) is 2.56. The summed E-state index contributed by atoms with van der Waals surface area (Å²) in [6.45, 7) is 6.69. The van der Waals surface area contributed by atoms with Crippen molar-refractivity contribution in [2.75, 3.05) is 13.1 Å². The van der Waals surface area contributed by atoms with Crippen LogP contribution in [0.1, 0.15) is 65.0 Å². The average Bonchev–Trinajstić information content (AvgIpc) is 2.98. The molecule has 1 fully saturated rings. The van der Waals surface area contributed by atoms with E-state index in [1.54, 1.807) is 13.8 Å². The lowest BCUT2D eigenvalue weighted by Gasteiger charge is -2.27. The van der Waals surface area contributed by atoms with Crippen LogP contribution in [0.5, 0.6) is 0 Å². The summed E-state index contributed by atoms with van der Waals surface area (Å²) in [6, 6.07) is 11.8. The van der Waals surface area contributed by atoms with Crippen molar-refractivity contribution in [2.45, 2.75) is 57.1 Å². The maximum Gasteiger partial charge on any atom is 0.269 e. The van der Waals surface area contributed by atoms with E-state index in [1.807, 2.05) is 18.2 Å². The van der Waals surface area contributed by atoms with Crippen molar-refractivity contribution in [1.82, 2.24) is 14.5 Å². The Hall–Kier alpha value is -2.71. The SMILES string of the molecule is CC(C)N1C(=O)c2ccc(C(=O)NCc3ccccc3CN3CCCCC3)cc2S1(=O)=O. The van der Waals surface area contributed by atoms with Crippen LogP contribution in [0.3, 0.4) is 0 Å². The number of benzene rings is 2. The predicted octanol–water partition coefficient (Wildman–Crippen LogP) is 3.16. The fraction of sp³-hybridized carbons (Fsp3) is 0.417. The maximum absolute atomic E-state index is 12.8. The van der Waals surface area contributed by atoms with E-state index < -0.39 is 22.0 Å². The zero-order valence-corrected chi connectivity index (χ0v) is 19.3. The Balaban J connectivity index is 1.49. The number of carbonyl (C=O) groups is 2. The lowest BCUT2D eigenvalue weighted by Crippen LogP contribution is -2.36. The minimum atomic E-state index is -3.94. The number of amides is 2. The van der Waals surface area contributed by atoms with Gasteiger partial charge in [-0.1, -0.05) is 30.7 Å². The van der Waals surface area contributed by atoms with Gasteiger partial charge in [0.05, 0.1) is 5.56 Å². The zero-order chi connectivity index (χ0) is 22.9. The molecule has 0 spiro atoms. The summed E-state index contributed by atoms with van der Waals surface area (Å²) in [5.74, 6) is -0.917. The van der Waals surface area contributed by atoms with Crippen molar-refractivity contribution >= 4 is 21.8 Å². The van der Waals surface area contributed by atoms with Gasteiger partial charge in [0.2, 0.25) is 0 Å². The normalized spacial score (nSPS) is 18.1. The smallest absolute Gasteiger partial charge is 0.269 e. The van der Waals surface area contributed by atoms with E-state index in [0.717, 1.165) is 29.5 Å². The molecule has 2 heterocycles. The minimum absolute atomic E-state index is 0.102. The molecule has 0 aliphatic carbocycles. The van der Waals surface area contributed by atoms with Crippen molar-refractivity contribution in [3.63, 3.8) is 0 Å². The number of nitrogens with zero attached hydrogens (tertiary/aromatic N) is 2. The van der Waals surface area contributed by atoms with E-state index >= 15 is 0 Å². The van der Waals surface area contributed by atoms with Gasteiger partial charge in [0.25, 0.3) is 21.8 Å². The molecule has 1 saturated heterocycles. The summed E-state index contributed by atoms with van der Waals surface area (Å²) in [7, 11) is -3.94. The zero-order valence-electron chi connectivity index (χ0n) is 18.5. The molecule has 1 N–H and O–H groups in total. The third-order valence-corrected chi connectivity index (χ3v) is 8.08. The van der Waals surface area contributed by atoms with Crippen LogP contribution >= 0.6 is 0 Å². The Morgan fingerprint density at radius 2 is 1.72 bits per heavy atom. The predicted molar refractivity (Wildman–Crippen MR) is 122 cm³/mol. The van der Waals surface area contributed by atoms with E-state index in [2.05, 4.69) is 16.3 Å². The van der Waals surface area contributed by atoms with Gasteiger partial charge in [0.15, 0.2) is 0 Å². The number of likely N-dealkylation sites (tertiary alicyclic amines) is 1. The molecule has 4 rings (SSSR count). The first-order valence-corrected chi connectivity index (χ1v) is 12.5. The summed E-state index contributed by atoms with van der Waals surface area (Å²) >= 11 is 0. The fourth-order valence-corrected chi connectivity index (χ4v) is 6.21. The van der Waals surface area contributed by atoms with E-state index in [4.69, 9.17) is 0 Å². The molecule has 0 atom stereocenters. The van der Waals surface area contributed by atoms with Gasteiger partial charge in [-0.3, -0.25) is 14.5 Å². The highest BCUT2D eigenvalue weighted by molar-refractivity contribution is 7.90. The molecule has 0 saturated carbocycles. The first-order valence-electron chi connectivity index (χ1n) is 11.1. The Morgan fingerprint density at radius 1 is 1.03 bits per heavy atom. The second-order valence-electron chi connectivity index (χ2n) is 8.70. The molecule has 2 amide bonds.